The molecule has 0 saturated carbocycles. The van der Waals surface area contributed by atoms with Crippen LogP contribution in [0, 0.1) is 12.7 Å². The largest absolute Gasteiger partial charge is 0.325 e. The summed E-state index contributed by atoms with van der Waals surface area (Å²) >= 11 is 0. The number of rotatable bonds is 2. The van der Waals surface area contributed by atoms with Gasteiger partial charge in [-0.2, -0.15) is 0 Å². The third-order valence-corrected chi connectivity index (χ3v) is 2.69. The lowest BCUT2D eigenvalue weighted by molar-refractivity contribution is -0.117. The number of amides is 1. The van der Waals surface area contributed by atoms with E-state index in [9.17, 15) is 9.18 Å². The van der Waals surface area contributed by atoms with Crippen molar-refractivity contribution in [1.29, 1.82) is 0 Å². The number of halogens is 1. The summed E-state index contributed by atoms with van der Waals surface area (Å²) in [4.78, 5) is 11.7. The standard InChI is InChI=1S/C12H15FN2O/c1-8-5-9(13)7-10(6-8)15-12(16)11-3-2-4-14-11/h5-7,11,14H,2-4H2,1H3,(H,15,16)/t11-/m0/s1. The van der Waals surface area contributed by atoms with Crippen molar-refractivity contribution in [3.8, 4) is 0 Å². The highest BCUT2D eigenvalue weighted by molar-refractivity contribution is 5.95. The van der Waals surface area contributed by atoms with Crippen molar-refractivity contribution in [3.05, 3.63) is 29.6 Å². The molecule has 1 saturated heterocycles. The highest BCUT2D eigenvalue weighted by Crippen LogP contribution is 2.15. The lowest BCUT2D eigenvalue weighted by Gasteiger charge is -2.11. The lowest BCUT2D eigenvalue weighted by atomic mass is 10.2. The Kier molecular flexibility index (Phi) is 3.19. The molecule has 1 aromatic carbocycles. The topological polar surface area (TPSA) is 41.1 Å². The van der Waals surface area contributed by atoms with E-state index in [1.807, 2.05) is 0 Å². The molecule has 2 N–H and O–H groups in total. The van der Waals surface area contributed by atoms with E-state index in [0.717, 1.165) is 24.9 Å². The first kappa shape index (κ1) is 11.1. The van der Waals surface area contributed by atoms with E-state index in [1.54, 1.807) is 13.0 Å². The molecule has 1 aromatic rings. The zero-order chi connectivity index (χ0) is 11.5. The molecule has 0 unspecified atom stereocenters. The number of nitrogens with one attached hydrogen (secondary N) is 2. The Morgan fingerprint density at radius 1 is 1.50 bits per heavy atom. The van der Waals surface area contributed by atoms with Gasteiger partial charge in [-0.1, -0.05) is 0 Å². The molecular weight excluding hydrogens is 207 g/mol. The molecule has 0 aromatic heterocycles. The number of aryl methyl sites for hydroxylation is 1. The van der Waals surface area contributed by atoms with Gasteiger partial charge in [0.2, 0.25) is 5.91 Å². The molecule has 1 atom stereocenters. The van der Waals surface area contributed by atoms with Gasteiger partial charge >= 0.3 is 0 Å². The van der Waals surface area contributed by atoms with E-state index in [0.29, 0.717) is 5.69 Å². The van der Waals surface area contributed by atoms with Crippen LogP contribution in [0.5, 0.6) is 0 Å². The number of carbonyl (C=O) groups is 1. The summed E-state index contributed by atoms with van der Waals surface area (Å²) in [5.41, 5.74) is 1.32. The Balaban J connectivity index is 2.05. The van der Waals surface area contributed by atoms with E-state index in [-0.39, 0.29) is 17.8 Å². The second-order valence-electron chi connectivity index (χ2n) is 4.16. The second-order valence-corrected chi connectivity index (χ2v) is 4.16. The predicted molar refractivity (Wildman–Crippen MR) is 60.8 cm³/mol. The van der Waals surface area contributed by atoms with Gasteiger partial charge in [-0.3, -0.25) is 4.79 Å². The molecular formula is C12H15FN2O. The van der Waals surface area contributed by atoms with Crippen LogP contribution in [0.2, 0.25) is 0 Å². The molecule has 0 spiro atoms. The van der Waals surface area contributed by atoms with E-state index >= 15 is 0 Å². The Labute approximate surface area is 94.0 Å². The SMILES string of the molecule is Cc1cc(F)cc(NC(=O)[C@@H]2CCCN2)c1. The van der Waals surface area contributed by atoms with Crippen molar-refractivity contribution in [2.24, 2.45) is 0 Å². The average molecular weight is 222 g/mol. The van der Waals surface area contributed by atoms with Crippen molar-refractivity contribution in [1.82, 2.24) is 5.32 Å². The summed E-state index contributed by atoms with van der Waals surface area (Å²) in [5, 5.41) is 5.82. The number of hydrogen-bond donors (Lipinski definition) is 2. The first-order valence-electron chi connectivity index (χ1n) is 5.46. The van der Waals surface area contributed by atoms with Crippen LogP contribution < -0.4 is 10.6 Å². The Hall–Kier alpha value is -1.42. The minimum Gasteiger partial charge on any atom is -0.325 e. The van der Waals surface area contributed by atoms with E-state index < -0.39 is 0 Å². The Morgan fingerprint density at radius 2 is 2.31 bits per heavy atom. The van der Waals surface area contributed by atoms with E-state index in [1.165, 1.54) is 12.1 Å². The molecule has 1 amide bonds. The Bertz CT molecular complexity index is 380. The average Bonchev–Trinajstić information content (AvgIpc) is 2.68. The quantitative estimate of drug-likeness (QED) is 0.801. The van der Waals surface area contributed by atoms with Crippen LogP contribution in [0.15, 0.2) is 18.2 Å². The predicted octanol–water partition coefficient (Wildman–Crippen LogP) is 1.82. The van der Waals surface area contributed by atoms with Gasteiger partial charge in [0.15, 0.2) is 0 Å². The van der Waals surface area contributed by atoms with Crippen LogP contribution in [0.1, 0.15) is 18.4 Å². The molecule has 1 aliphatic rings. The summed E-state index contributed by atoms with van der Waals surface area (Å²) < 4.78 is 13.1. The lowest BCUT2D eigenvalue weighted by Crippen LogP contribution is -2.35. The summed E-state index contributed by atoms with van der Waals surface area (Å²) in [6, 6.07) is 4.39. The zero-order valence-electron chi connectivity index (χ0n) is 9.22. The Morgan fingerprint density at radius 3 is 2.94 bits per heavy atom. The van der Waals surface area contributed by atoms with Gasteiger partial charge in [-0.15, -0.1) is 0 Å². The molecule has 0 radical (unpaired) electrons. The van der Waals surface area contributed by atoms with Crippen molar-refractivity contribution >= 4 is 11.6 Å². The van der Waals surface area contributed by atoms with Crippen LogP contribution in [-0.4, -0.2) is 18.5 Å². The highest BCUT2D eigenvalue weighted by Gasteiger charge is 2.21. The normalized spacial score (nSPS) is 19.8. The molecule has 1 heterocycles. The molecule has 3 nitrogen and oxygen atoms in total. The molecule has 16 heavy (non-hydrogen) atoms. The maximum Gasteiger partial charge on any atom is 0.241 e. The van der Waals surface area contributed by atoms with E-state index in [2.05, 4.69) is 10.6 Å². The minimum atomic E-state index is -0.324. The number of hydrogen-bond acceptors (Lipinski definition) is 2. The first-order chi connectivity index (χ1) is 7.65. The molecule has 4 heteroatoms. The van der Waals surface area contributed by atoms with Crippen LogP contribution in [0.4, 0.5) is 10.1 Å². The van der Waals surface area contributed by atoms with Crippen LogP contribution in [0.3, 0.4) is 0 Å². The molecule has 2 rings (SSSR count). The maximum absolute atomic E-state index is 13.1. The second kappa shape index (κ2) is 4.61. The fourth-order valence-electron chi connectivity index (χ4n) is 1.95. The first-order valence-corrected chi connectivity index (χ1v) is 5.46. The van der Waals surface area contributed by atoms with Crippen LogP contribution in [0.25, 0.3) is 0 Å². The minimum absolute atomic E-state index is 0.0810. The van der Waals surface area contributed by atoms with Gasteiger partial charge < -0.3 is 10.6 Å². The van der Waals surface area contributed by atoms with Crippen molar-refractivity contribution in [2.45, 2.75) is 25.8 Å². The smallest absolute Gasteiger partial charge is 0.241 e. The molecule has 0 aliphatic carbocycles. The van der Waals surface area contributed by atoms with E-state index in [4.69, 9.17) is 0 Å². The van der Waals surface area contributed by atoms with Crippen molar-refractivity contribution < 1.29 is 9.18 Å². The fourth-order valence-corrected chi connectivity index (χ4v) is 1.95. The van der Waals surface area contributed by atoms with Gasteiger partial charge in [-0.05, 0) is 50.1 Å². The van der Waals surface area contributed by atoms with Crippen molar-refractivity contribution in [3.63, 3.8) is 0 Å². The van der Waals surface area contributed by atoms with Gasteiger partial charge in [0.05, 0.1) is 6.04 Å². The highest BCUT2D eigenvalue weighted by atomic mass is 19.1. The zero-order valence-corrected chi connectivity index (χ0v) is 9.22. The summed E-state index contributed by atoms with van der Waals surface area (Å²) in [6.45, 7) is 2.67. The molecule has 0 bridgehead atoms. The number of benzene rings is 1. The van der Waals surface area contributed by atoms with Gasteiger partial charge in [0.1, 0.15) is 5.82 Å². The van der Waals surface area contributed by atoms with Gasteiger partial charge in [0, 0.05) is 5.69 Å². The van der Waals surface area contributed by atoms with Crippen LogP contribution in [-0.2, 0) is 4.79 Å². The molecule has 86 valence electrons. The number of anilines is 1. The number of carbonyl (C=O) groups excluding carboxylic acids is 1. The summed E-state index contributed by atoms with van der Waals surface area (Å²) in [5.74, 6) is -0.405. The summed E-state index contributed by atoms with van der Waals surface area (Å²) in [7, 11) is 0. The van der Waals surface area contributed by atoms with Crippen molar-refractivity contribution in [2.75, 3.05) is 11.9 Å². The third-order valence-electron chi connectivity index (χ3n) is 2.69. The third kappa shape index (κ3) is 2.58. The fraction of sp³-hybridized carbons (Fsp3) is 0.417. The molecule has 1 aliphatic heterocycles. The maximum atomic E-state index is 13.1. The summed E-state index contributed by atoms with van der Waals surface area (Å²) in [6.07, 6.45) is 1.86. The van der Waals surface area contributed by atoms with Crippen LogP contribution >= 0.6 is 0 Å². The van der Waals surface area contributed by atoms with Gasteiger partial charge in [0.25, 0.3) is 0 Å². The van der Waals surface area contributed by atoms with Gasteiger partial charge in [-0.25, -0.2) is 4.39 Å². The molecule has 1 fully saturated rings. The monoisotopic (exact) mass is 222 g/mol.